The average Bonchev–Trinajstić information content (AvgIpc) is 2.68. The molecule has 2 aliphatic rings. The van der Waals surface area contributed by atoms with Crippen molar-refractivity contribution in [3.63, 3.8) is 0 Å². The lowest BCUT2D eigenvalue weighted by molar-refractivity contribution is -0.134. The Hall–Kier alpha value is -2.43. The van der Waals surface area contributed by atoms with E-state index in [9.17, 15) is 9.59 Å². The van der Waals surface area contributed by atoms with Gasteiger partial charge in [0.1, 0.15) is 0 Å². The molecule has 2 saturated heterocycles. The number of rotatable bonds is 3. The van der Waals surface area contributed by atoms with Gasteiger partial charge in [-0.1, -0.05) is 6.07 Å². The fraction of sp³-hybridized carbons (Fsp3) is 0.500. The van der Waals surface area contributed by atoms with Gasteiger partial charge in [0.05, 0.1) is 31.4 Å². The Bertz CT molecular complexity index is 671. The van der Waals surface area contributed by atoms with Gasteiger partial charge in [-0.25, -0.2) is 0 Å². The summed E-state index contributed by atoms with van der Waals surface area (Å²) >= 11 is 0. The molecule has 0 unspecified atom stereocenters. The van der Waals surface area contributed by atoms with Crippen LogP contribution in [0.5, 0.6) is 0 Å². The maximum Gasteiger partial charge on any atom is 0.254 e. The number of morpholine rings is 1. The third-order valence-electron chi connectivity index (χ3n) is 4.62. The zero-order chi connectivity index (χ0) is 17.6. The Kier molecular flexibility index (Phi) is 5.64. The van der Waals surface area contributed by atoms with Crippen LogP contribution in [0.3, 0.4) is 0 Å². The Morgan fingerprint density at radius 1 is 1.04 bits per heavy atom. The molecule has 2 heterocycles. The molecule has 0 aliphatic carbocycles. The molecule has 132 valence electrons. The van der Waals surface area contributed by atoms with Crippen molar-refractivity contribution >= 4 is 11.8 Å². The number of ether oxygens (including phenoxy) is 1. The average molecular weight is 342 g/mol. The second kappa shape index (κ2) is 8.10. The molecule has 0 saturated carbocycles. The minimum atomic E-state index is -0.0858. The van der Waals surface area contributed by atoms with E-state index in [0.717, 1.165) is 13.1 Å². The molecule has 0 spiro atoms. The highest BCUT2D eigenvalue weighted by Gasteiger charge is 2.26. The van der Waals surface area contributed by atoms with Gasteiger partial charge in [-0.05, 0) is 18.2 Å². The van der Waals surface area contributed by atoms with Crippen molar-refractivity contribution in [3.05, 3.63) is 35.4 Å². The zero-order valence-electron chi connectivity index (χ0n) is 14.2. The number of hydrogen-bond acceptors (Lipinski definition) is 5. The molecule has 0 radical (unpaired) electrons. The Morgan fingerprint density at radius 2 is 1.72 bits per heavy atom. The molecule has 0 bridgehead atoms. The second-order valence-electron chi connectivity index (χ2n) is 6.25. The molecular formula is C18H22N4O3. The summed E-state index contributed by atoms with van der Waals surface area (Å²) < 4.78 is 5.29. The Labute approximate surface area is 147 Å². The Morgan fingerprint density at radius 3 is 2.40 bits per heavy atom. The van der Waals surface area contributed by atoms with Crippen molar-refractivity contribution < 1.29 is 14.3 Å². The van der Waals surface area contributed by atoms with Gasteiger partial charge in [-0.15, -0.1) is 0 Å². The first-order valence-corrected chi connectivity index (χ1v) is 8.54. The van der Waals surface area contributed by atoms with Gasteiger partial charge < -0.3 is 14.5 Å². The van der Waals surface area contributed by atoms with Crippen LogP contribution in [-0.4, -0.2) is 85.5 Å². The summed E-state index contributed by atoms with van der Waals surface area (Å²) in [6, 6.07) is 8.78. The summed E-state index contributed by atoms with van der Waals surface area (Å²) in [5, 5.41) is 8.95. The summed E-state index contributed by atoms with van der Waals surface area (Å²) in [6.07, 6.45) is 0. The van der Waals surface area contributed by atoms with Gasteiger partial charge >= 0.3 is 0 Å². The largest absolute Gasteiger partial charge is 0.379 e. The highest BCUT2D eigenvalue weighted by Crippen LogP contribution is 2.11. The molecule has 2 aliphatic heterocycles. The van der Waals surface area contributed by atoms with Crippen LogP contribution in [0.15, 0.2) is 24.3 Å². The lowest BCUT2D eigenvalue weighted by Gasteiger charge is -2.36. The van der Waals surface area contributed by atoms with Gasteiger partial charge in [-0.3, -0.25) is 14.5 Å². The maximum atomic E-state index is 12.6. The zero-order valence-corrected chi connectivity index (χ0v) is 14.2. The van der Waals surface area contributed by atoms with E-state index in [4.69, 9.17) is 10.00 Å². The van der Waals surface area contributed by atoms with Crippen LogP contribution in [0.25, 0.3) is 0 Å². The first kappa shape index (κ1) is 17.4. The molecule has 0 aromatic heterocycles. The lowest BCUT2D eigenvalue weighted by atomic mass is 10.1. The lowest BCUT2D eigenvalue weighted by Crippen LogP contribution is -2.53. The van der Waals surface area contributed by atoms with E-state index in [1.165, 1.54) is 0 Å². The van der Waals surface area contributed by atoms with E-state index in [-0.39, 0.29) is 11.8 Å². The monoisotopic (exact) mass is 342 g/mol. The number of amides is 2. The first-order valence-electron chi connectivity index (χ1n) is 8.54. The highest BCUT2D eigenvalue weighted by atomic mass is 16.5. The molecular weight excluding hydrogens is 320 g/mol. The minimum Gasteiger partial charge on any atom is -0.379 e. The first-order chi connectivity index (χ1) is 12.2. The van der Waals surface area contributed by atoms with Crippen LogP contribution >= 0.6 is 0 Å². The standard InChI is InChI=1S/C18H22N4O3/c19-13-15-2-1-3-16(12-15)18(24)22-6-4-21(5-7-22)17(23)14-20-8-10-25-11-9-20/h1-3,12H,4-11,14H2. The molecule has 1 aromatic carbocycles. The van der Waals surface area contributed by atoms with E-state index < -0.39 is 0 Å². The second-order valence-corrected chi connectivity index (χ2v) is 6.25. The van der Waals surface area contributed by atoms with E-state index in [2.05, 4.69) is 4.90 Å². The van der Waals surface area contributed by atoms with Gasteiger partial charge in [0, 0.05) is 44.8 Å². The number of carbonyl (C=O) groups is 2. The quantitative estimate of drug-likeness (QED) is 0.783. The summed E-state index contributed by atoms with van der Waals surface area (Å²) in [7, 11) is 0. The normalized spacial score (nSPS) is 18.7. The molecule has 7 nitrogen and oxygen atoms in total. The van der Waals surface area contributed by atoms with Crippen LogP contribution < -0.4 is 0 Å². The fourth-order valence-corrected chi connectivity index (χ4v) is 3.11. The predicted molar refractivity (Wildman–Crippen MR) is 90.9 cm³/mol. The number of nitrogens with zero attached hydrogens (tertiary/aromatic N) is 4. The smallest absolute Gasteiger partial charge is 0.254 e. The van der Waals surface area contributed by atoms with Gasteiger partial charge in [-0.2, -0.15) is 5.26 Å². The molecule has 0 atom stereocenters. The molecule has 1 aromatic rings. The van der Waals surface area contributed by atoms with Crippen LogP contribution in [0.2, 0.25) is 0 Å². The molecule has 7 heteroatoms. The molecule has 25 heavy (non-hydrogen) atoms. The summed E-state index contributed by atoms with van der Waals surface area (Å²) in [4.78, 5) is 30.6. The summed E-state index contributed by atoms with van der Waals surface area (Å²) in [5.74, 6) is 0.0258. The van der Waals surface area contributed by atoms with E-state index in [1.807, 2.05) is 11.0 Å². The third-order valence-corrected chi connectivity index (χ3v) is 4.62. The number of hydrogen-bond donors (Lipinski definition) is 0. The predicted octanol–water partition coefficient (Wildman–Crippen LogP) is 0.175. The minimum absolute atomic E-state index is 0.0858. The number of piperazine rings is 1. The van der Waals surface area contributed by atoms with Crippen molar-refractivity contribution in [1.29, 1.82) is 5.26 Å². The van der Waals surface area contributed by atoms with Crippen LogP contribution in [0.1, 0.15) is 15.9 Å². The van der Waals surface area contributed by atoms with E-state index in [1.54, 1.807) is 29.2 Å². The number of benzene rings is 1. The van der Waals surface area contributed by atoms with Gasteiger partial charge in [0.2, 0.25) is 5.91 Å². The topological polar surface area (TPSA) is 76.9 Å². The third kappa shape index (κ3) is 4.35. The molecule has 3 rings (SSSR count). The molecule has 2 amide bonds. The maximum absolute atomic E-state index is 12.6. The van der Waals surface area contributed by atoms with Crippen molar-refractivity contribution in [2.75, 3.05) is 59.0 Å². The fourth-order valence-electron chi connectivity index (χ4n) is 3.11. The SMILES string of the molecule is N#Cc1cccc(C(=O)N2CCN(C(=O)CN3CCOCC3)CC2)c1. The summed E-state index contributed by atoms with van der Waals surface area (Å²) in [5.41, 5.74) is 0.998. The van der Waals surface area contributed by atoms with E-state index in [0.29, 0.717) is 57.1 Å². The van der Waals surface area contributed by atoms with Crippen molar-refractivity contribution in [2.45, 2.75) is 0 Å². The molecule has 2 fully saturated rings. The van der Waals surface area contributed by atoms with Crippen molar-refractivity contribution in [3.8, 4) is 6.07 Å². The van der Waals surface area contributed by atoms with Crippen LogP contribution in [-0.2, 0) is 9.53 Å². The van der Waals surface area contributed by atoms with Crippen LogP contribution in [0, 0.1) is 11.3 Å². The van der Waals surface area contributed by atoms with Gasteiger partial charge in [0.25, 0.3) is 5.91 Å². The van der Waals surface area contributed by atoms with E-state index >= 15 is 0 Å². The van der Waals surface area contributed by atoms with Crippen molar-refractivity contribution in [2.24, 2.45) is 0 Å². The number of carbonyl (C=O) groups excluding carboxylic acids is 2. The number of nitriles is 1. The van der Waals surface area contributed by atoms with Crippen LogP contribution in [0.4, 0.5) is 0 Å². The molecule has 0 N–H and O–H groups in total. The highest BCUT2D eigenvalue weighted by molar-refractivity contribution is 5.94. The van der Waals surface area contributed by atoms with Crippen molar-refractivity contribution in [1.82, 2.24) is 14.7 Å². The van der Waals surface area contributed by atoms with Gasteiger partial charge in [0.15, 0.2) is 0 Å². The summed E-state index contributed by atoms with van der Waals surface area (Å²) in [6.45, 7) is 5.49. The Balaban J connectivity index is 1.51.